The van der Waals surface area contributed by atoms with Gasteiger partial charge in [-0.05, 0) is 90.0 Å². The van der Waals surface area contributed by atoms with Gasteiger partial charge >= 0.3 is 0 Å². The van der Waals surface area contributed by atoms with Gasteiger partial charge in [-0.2, -0.15) is 0 Å². The number of amides is 3. The number of nitrogens with one attached hydrogen (secondary N) is 3. The van der Waals surface area contributed by atoms with E-state index in [0.717, 1.165) is 10.5 Å². The molecule has 5 aromatic rings. The monoisotopic (exact) mass is 647 g/mol. The average Bonchev–Trinajstić information content (AvgIpc) is 3.09. The number of anilines is 2. The van der Waals surface area contributed by atoms with E-state index >= 15 is 0 Å². The van der Waals surface area contributed by atoms with Crippen molar-refractivity contribution in [2.24, 2.45) is 0 Å². The second-order valence-electron chi connectivity index (χ2n) is 10.0. The van der Waals surface area contributed by atoms with Crippen LogP contribution < -0.4 is 20.7 Å². The van der Waals surface area contributed by atoms with Crippen molar-refractivity contribution < 1.29 is 19.1 Å². The lowest BCUT2D eigenvalue weighted by Crippen LogP contribution is -2.30. The summed E-state index contributed by atoms with van der Waals surface area (Å²) >= 11 is 7.39. The van der Waals surface area contributed by atoms with Gasteiger partial charge in [-0.1, -0.05) is 72.3 Å². The third-order valence-corrected chi connectivity index (χ3v) is 8.27. The number of hydrogen-bond acceptors (Lipinski definition) is 5. The number of ether oxygens (including phenoxy) is 1. The minimum Gasteiger partial charge on any atom is -0.497 e. The first-order valence-electron chi connectivity index (χ1n) is 14.3. The molecule has 0 aromatic heterocycles. The molecule has 5 aromatic carbocycles. The van der Waals surface area contributed by atoms with Crippen molar-refractivity contribution in [3.05, 3.63) is 161 Å². The van der Waals surface area contributed by atoms with Crippen molar-refractivity contribution in [3.63, 3.8) is 0 Å². The first-order chi connectivity index (χ1) is 22.4. The van der Waals surface area contributed by atoms with E-state index in [-0.39, 0.29) is 11.6 Å². The Bertz CT molecular complexity index is 1830. The smallest absolute Gasteiger partial charge is 0.272 e. The minimum atomic E-state index is -0.539. The van der Waals surface area contributed by atoms with Crippen LogP contribution in [-0.2, 0) is 9.59 Å². The molecular formula is C37H30ClN3O4S. The topological polar surface area (TPSA) is 96.5 Å². The molecule has 230 valence electrons. The molecule has 0 saturated carbocycles. The fourth-order valence-electron chi connectivity index (χ4n) is 4.43. The van der Waals surface area contributed by atoms with Gasteiger partial charge in [0.25, 0.3) is 11.8 Å². The fraction of sp³-hybridized carbons (Fsp3) is 0.0541. The first kappa shape index (κ1) is 32.1. The van der Waals surface area contributed by atoms with Gasteiger partial charge in [-0.3, -0.25) is 14.4 Å². The molecule has 0 aliphatic rings. The van der Waals surface area contributed by atoms with Gasteiger partial charge in [0, 0.05) is 26.9 Å². The largest absolute Gasteiger partial charge is 0.497 e. The maximum absolute atomic E-state index is 13.5. The van der Waals surface area contributed by atoms with E-state index in [2.05, 4.69) is 16.0 Å². The van der Waals surface area contributed by atoms with Crippen molar-refractivity contribution in [3.8, 4) is 5.75 Å². The van der Waals surface area contributed by atoms with E-state index in [9.17, 15) is 14.4 Å². The molecule has 1 unspecified atom stereocenters. The number of thioether (sulfide) groups is 1. The zero-order valence-electron chi connectivity index (χ0n) is 24.8. The first-order valence-corrected chi connectivity index (χ1v) is 15.6. The number of benzene rings is 5. The third kappa shape index (κ3) is 8.88. The molecule has 0 saturated heterocycles. The van der Waals surface area contributed by atoms with Crippen molar-refractivity contribution in [1.29, 1.82) is 0 Å². The lowest BCUT2D eigenvalue weighted by atomic mass is 10.1. The summed E-state index contributed by atoms with van der Waals surface area (Å²) in [7, 11) is 1.56. The lowest BCUT2D eigenvalue weighted by molar-refractivity contribution is -0.116. The number of hydrogen-bond donors (Lipinski definition) is 3. The van der Waals surface area contributed by atoms with Crippen LogP contribution in [-0.4, -0.2) is 24.8 Å². The van der Waals surface area contributed by atoms with Crippen LogP contribution in [0.5, 0.6) is 5.75 Å². The fourth-order valence-corrected chi connectivity index (χ4v) is 5.58. The van der Waals surface area contributed by atoms with E-state index in [1.807, 2.05) is 54.6 Å². The molecule has 3 amide bonds. The molecule has 0 bridgehead atoms. The van der Waals surface area contributed by atoms with Crippen LogP contribution >= 0.6 is 23.4 Å². The minimum absolute atomic E-state index is 0.0589. The van der Waals surface area contributed by atoms with Crippen LogP contribution in [0.3, 0.4) is 0 Å². The highest BCUT2D eigenvalue weighted by atomic mass is 35.5. The molecule has 46 heavy (non-hydrogen) atoms. The highest BCUT2D eigenvalue weighted by molar-refractivity contribution is 8.00. The Morgan fingerprint density at radius 1 is 0.739 bits per heavy atom. The molecule has 0 spiro atoms. The van der Waals surface area contributed by atoms with Crippen molar-refractivity contribution >= 4 is 58.5 Å². The van der Waals surface area contributed by atoms with E-state index in [4.69, 9.17) is 16.3 Å². The van der Waals surface area contributed by atoms with Gasteiger partial charge in [-0.15, -0.1) is 11.8 Å². The summed E-state index contributed by atoms with van der Waals surface area (Å²) in [5.74, 6) is -0.485. The molecule has 0 radical (unpaired) electrons. The van der Waals surface area contributed by atoms with Gasteiger partial charge in [0.2, 0.25) is 5.91 Å². The summed E-state index contributed by atoms with van der Waals surface area (Å²) in [6.45, 7) is 0. The standard InChI is InChI=1S/C37H30ClN3O4S/c1-45-31-14-8-9-25(23-31)24-33(41-35(42)27-12-6-3-7-13-27)36(43)39-30-19-21-32(22-20-30)46-34(26-10-4-2-5-11-26)37(44)40-29-17-15-28(38)16-18-29/h2-24,34H,1H3,(H,39,43)(H,40,44)(H,41,42)/b33-24-. The molecule has 0 heterocycles. The summed E-state index contributed by atoms with van der Waals surface area (Å²) in [6.07, 6.45) is 1.59. The van der Waals surface area contributed by atoms with Crippen molar-refractivity contribution in [2.45, 2.75) is 10.1 Å². The molecule has 7 nitrogen and oxygen atoms in total. The lowest BCUT2D eigenvalue weighted by Gasteiger charge is -2.17. The van der Waals surface area contributed by atoms with E-state index in [1.165, 1.54) is 11.8 Å². The summed E-state index contributed by atoms with van der Waals surface area (Å²) in [6, 6.07) is 39.5. The molecule has 1 atom stereocenters. The van der Waals surface area contributed by atoms with Gasteiger partial charge in [0.05, 0.1) is 7.11 Å². The molecule has 3 N–H and O–H groups in total. The maximum Gasteiger partial charge on any atom is 0.272 e. The summed E-state index contributed by atoms with van der Waals surface area (Å²) in [4.78, 5) is 40.7. The van der Waals surface area contributed by atoms with Crippen LogP contribution in [0.4, 0.5) is 11.4 Å². The number of halogens is 1. The number of carbonyl (C=O) groups is 3. The van der Waals surface area contributed by atoms with Crippen LogP contribution in [0.15, 0.2) is 144 Å². The van der Waals surface area contributed by atoms with Crippen molar-refractivity contribution in [2.75, 3.05) is 17.7 Å². The zero-order valence-corrected chi connectivity index (χ0v) is 26.3. The number of rotatable bonds is 11. The molecule has 0 aliphatic carbocycles. The highest BCUT2D eigenvalue weighted by Gasteiger charge is 2.22. The Kier molecular flexibility index (Phi) is 10.9. The average molecular weight is 648 g/mol. The number of methoxy groups -OCH3 is 1. The second-order valence-corrected chi connectivity index (χ2v) is 11.7. The van der Waals surface area contributed by atoms with Crippen LogP contribution in [0.1, 0.15) is 26.7 Å². The summed E-state index contributed by atoms with van der Waals surface area (Å²) < 4.78 is 5.31. The van der Waals surface area contributed by atoms with E-state index in [0.29, 0.717) is 33.3 Å². The van der Waals surface area contributed by atoms with Gasteiger partial charge in [-0.25, -0.2) is 0 Å². The highest BCUT2D eigenvalue weighted by Crippen LogP contribution is 2.37. The van der Waals surface area contributed by atoms with E-state index in [1.54, 1.807) is 92.0 Å². The molecular weight excluding hydrogens is 618 g/mol. The normalized spacial score (nSPS) is 11.7. The van der Waals surface area contributed by atoms with Crippen LogP contribution in [0, 0.1) is 0 Å². The number of carbonyl (C=O) groups excluding carboxylic acids is 3. The molecule has 0 aliphatic heterocycles. The Hall–Kier alpha value is -5.31. The Morgan fingerprint density at radius 3 is 2.04 bits per heavy atom. The second kappa shape index (κ2) is 15.6. The maximum atomic E-state index is 13.5. The molecule has 9 heteroatoms. The van der Waals surface area contributed by atoms with Gasteiger partial charge < -0.3 is 20.7 Å². The zero-order chi connectivity index (χ0) is 32.3. The van der Waals surface area contributed by atoms with Crippen molar-refractivity contribution in [1.82, 2.24) is 5.32 Å². The predicted octanol–water partition coefficient (Wildman–Crippen LogP) is 8.23. The SMILES string of the molecule is COc1cccc(/C=C(\NC(=O)c2ccccc2)C(=O)Nc2ccc(SC(C(=O)Nc3ccc(Cl)cc3)c3ccccc3)cc2)c1. The Labute approximate surface area is 276 Å². The van der Waals surface area contributed by atoms with Crippen LogP contribution in [0.2, 0.25) is 5.02 Å². The van der Waals surface area contributed by atoms with Gasteiger partial charge in [0.15, 0.2) is 0 Å². The molecule has 0 fully saturated rings. The summed E-state index contributed by atoms with van der Waals surface area (Å²) in [5.41, 5.74) is 3.16. The van der Waals surface area contributed by atoms with E-state index < -0.39 is 17.1 Å². The molecule has 5 rings (SSSR count). The van der Waals surface area contributed by atoms with Crippen LogP contribution in [0.25, 0.3) is 6.08 Å². The summed E-state index contributed by atoms with van der Waals surface area (Å²) in [5, 5.41) is 8.62. The quantitative estimate of drug-likeness (QED) is 0.0991. The van der Waals surface area contributed by atoms with Gasteiger partial charge in [0.1, 0.15) is 16.7 Å². The Balaban J connectivity index is 1.33. The Morgan fingerprint density at radius 2 is 1.37 bits per heavy atom. The predicted molar refractivity (Wildman–Crippen MR) is 185 cm³/mol. The third-order valence-electron chi connectivity index (χ3n) is 6.75.